The molecule has 2 rings (SSSR count). The van der Waals surface area contributed by atoms with E-state index in [9.17, 15) is 4.79 Å². The minimum absolute atomic E-state index is 0.105. The molecule has 1 aromatic carbocycles. The Labute approximate surface area is 136 Å². The normalized spacial score (nSPS) is 10.9. The lowest BCUT2D eigenvalue weighted by Crippen LogP contribution is -2.22. The fourth-order valence-electron chi connectivity index (χ4n) is 2.29. The fraction of sp³-hybridized carbons (Fsp3) is 0.278. The summed E-state index contributed by atoms with van der Waals surface area (Å²) < 4.78 is 0. The van der Waals surface area contributed by atoms with Gasteiger partial charge in [0.1, 0.15) is 0 Å². The molecule has 0 spiro atoms. The van der Waals surface area contributed by atoms with E-state index >= 15 is 0 Å². The molecule has 0 aliphatic carbocycles. The van der Waals surface area contributed by atoms with Gasteiger partial charge in [0, 0.05) is 35.4 Å². The second-order valence-electron chi connectivity index (χ2n) is 5.01. The first-order chi connectivity index (χ1) is 10.6. The summed E-state index contributed by atoms with van der Waals surface area (Å²) in [7, 11) is 0. The van der Waals surface area contributed by atoms with Crippen LogP contribution in [0.3, 0.4) is 0 Å². The van der Waals surface area contributed by atoms with Gasteiger partial charge in [-0.25, -0.2) is 0 Å². The first-order valence-corrected chi connectivity index (χ1v) is 8.40. The molecule has 1 N–H and O–H groups in total. The van der Waals surface area contributed by atoms with Crippen molar-refractivity contribution in [2.45, 2.75) is 20.8 Å². The molecule has 0 atom stereocenters. The van der Waals surface area contributed by atoms with Crippen molar-refractivity contribution in [1.29, 1.82) is 0 Å². The maximum atomic E-state index is 12.0. The highest BCUT2D eigenvalue weighted by Crippen LogP contribution is 2.22. The highest BCUT2D eigenvalue weighted by Gasteiger charge is 2.06. The summed E-state index contributed by atoms with van der Waals surface area (Å²) in [5, 5.41) is 4.93. The number of nitrogens with zero attached hydrogens (tertiary/aromatic N) is 1. The van der Waals surface area contributed by atoms with E-state index in [4.69, 9.17) is 0 Å². The Hall–Kier alpha value is -2.07. The predicted molar refractivity (Wildman–Crippen MR) is 96.7 cm³/mol. The minimum atomic E-state index is -0.105. The molecule has 2 aromatic rings. The third-order valence-corrected chi connectivity index (χ3v) is 4.38. The summed E-state index contributed by atoms with van der Waals surface area (Å²) in [6, 6.07) is 10.1. The summed E-state index contributed by atoms with van der Waals surface area (Å²) in [6.07, 6.45) is 3.41. The molecule has 0 aliphatic heterocycles. The molecule has 0 unspecified atom stereocenters. The molecular formula is C18H22N2OS. The lowest BCUT2D eigenvalue weighted by atomic mass is 10.1. The molecule has 116 valence electrons. The van der Waals surface area contributed by atoms with Crippen molar-refractivity contribution in [2.24, 2.45) is 0 Å². The molecule has 22 heavy (non-hydrogen) atoms. The fourth-order valence-corrected chi connectivity index (χ4v) is 2.91. The number of hydrogen-bond donors (Lipinski definition) is 1. The average molecular weight is 314 g/mol. The molecule has 4 heteroatoms. The molecule has 0 saturated carbocycles. The molecule has 1 amide bonds. The van der Waals surface area contributed by atoms with Crippen LogP contribution in [0.5, 0.6) is 0 Å². The lowest BCUT2D eigenvalue weighted by molar-refractivity contribution is -0.111. The number of thiophene rings is 1. The zero-order chi connectivity index (χ0) is 15.9. The van der Waals surface area contributed by atoms with Crippen LogP contribution in [0.2, 0.25) is 0 Å². The van der Waals surface area contributed by atoms with Crippen LogP contribution in [0, 0.1) is 6.92 Å². The van der Waals surface area contributed by atoms with Crippen LogP contribution >= 0.6 is 11.3 Å². The van der Waals surface area contributed by atoms with Crippen LogP contribution in [0.1, 0.15) is 24.3 Å². The molecule has 1 aromatic heterocycles. The van der Waals surface area contributed by atoms with Crippen molar-refractivity contribution in [2.75, 3.05) is 23.3 Å². The first kappa shape index (κ1) is 16.3. The molecule has 1 heterocycles. The Morgan fingerprint density at radius 1 is 1.27 bits per heavy atom. The second-order valence-corrected chi connectivity index (χ2v) is 5.99. The van der Waals surface area contributed by atoms with Gasteiger partial charge in [-0.2, -0.15) is 0 Å². The maximum absolute atomic E-state index is 12.0. The number of rotatable bonds is 6. The third-order valence-electron chi connectivity index (χ3n) is 3.54. The number of carbonyl (C=O) groups excluding carboxylic acids is 1. The van der Waals surface area contributed by atoms with Gasteiger partial charge in [-0.15, -0.1) is 11.3 Å². The number of amides is 1. The Morgan fingerprint density at radius 2 is 2.05 bits per heavy atom. The van der Waals surface area contributed by atoms with Gasteiger partial charge in [-0.1, -0.05) is 6.07 Å². The molecular weight excluding hydrogens is 292 g/mol. The minimum Gasteiger partial charge on any atom is -0.372 e. The van der Waals surface area contributed by atoms with Crippen LogP contribution in [0.4, 0.5) is 11.4 Å². The topological polar surface area (TPSA) is 32.3 Å². The van der Waals surface area contributed by atoms with E-state index in [0.717, 1.165) is 29.2 Å². The van der Waals surface area contributed by atoms with Crippen molar-refractivity contribution in [1.82, 2.24) is 0 Å². The van der Waals surface area contributed by atoms with E-state index in [-0.39, 0.29) is 5.91 Å². The molecule has 0 saturated heterocycles. The molecule has 3 nitrogen and oxygen atoms in total. The van der Waals surface area contributed by atoms with Crippen molar-refractivity contribution < 1.29 is 4.79 Å². The van der Waals surface area contributed by atoms with Gasteiger partial charge in [0.2, 0.25) is 5.91 Å². The lowest BCUT2D eigenvalue weighted by Gasteiger charge is -2.22. The first-order valence-electron chi connectivity index (χ1n) is 7.52. The van der Waals surface area contributed by atoms with Crippen LogP contribution in [0.15, 0.2) is 41.8 Å². The number of carbonyl (C=O) groups is 1. The molecule has 0 radical (unpaired) electrons. The molecule has 0 bridgehead atoms. The van der Waals surface area contributed by atoms with E-state index in [1.54, 1.807) is 17.4 Å². The number of anilines is 2. The van der Waals surface area contributed by atoms with Gasteiger partial charge in [0.15, 0.2) is 0 Å². The number of aryl methyl sites for hydroxylation is 1. The SMILES string of the molecule is CCN(CC)c1ccc(NC(=O)/C=C/c2cccs2)c(C)c1. The molecule has 0 aliphatic rings. The largest absolute Gasteiger partial charge is 0.372 e. The van der Waals surface area contributed by atoms with Crippen molar-refractivity contribution in [3.05, 3.63) is 52.2 Å². The number of hydrogen-bond acceptors (Lipinski definition) is 3. The van der Waals surface area contributed by atoms with Crippen LogP contribution in [-0.4, -0.2) is 19.0 Å². The van der Waals surface area contributed by atoms with Gasteiger partial charge < -0.3 is 10.2 Å². The summed E-state index contributed by atoms with van der Waals surface area (Å²) in [4.78, 5) is 15.3. The Morgan fingerprint density at radius 3 is 2.64 bits per heavy atom. The van der Waals surface area contributed by atoms with E-state index in [1.807, 2.05) is 36.6 Å². The van der Waals surface area contributed by atoms with Gasteiger partial charge in [0.05, 0.1) is 0 Å². The third kappa shape index (κ3) is 4.21. The zero-order valence-corrected chi connectivity index (χ0v) is 14.1. The van der Waals surface area contributed by atoms with E-state index in [2.05, 4.69) is 36.2 Å². The van der Waals surface area contributed by atoms with Gasteiger partial charge in [-0.3, -0.25) is 4.79 Å². The summed E-state index contributed by atoms with van der Waals surface area (Å²) in [5.41, 5.74) is 3.12. The van der Waals surface area contributed by atoms with E-state index in [1.165, 1.54) is 5.69 Å². The quantitative estimate of drug-likeness (QED) is 0.793. The summed E-state index contributed by atoms with van der Waals surface area (Å²) in [6.45, 7) is 8.26. The Bertz CT molecular complexity index is 643. The summed E-state index contributed by atoms with van der Waals surface area (Å²) in [5.74, 6) is -0.105. The van der Waals surface area contributed by atoms with Crippen molar-refractivity contribution >= 4 is 34.7 Å². The van der Waals surface area contributed by atoms with Crippen LogP contribution in [0.25, 0.3) is 6.08 Å². The van der Waals surface area contributed by atoms with Crippen LogP contribution in [-0.2, 0) is 4.79 Å². The smallest absolute Gasteiger partial charge is 0.248 e. The van der Waals surface area contributed by atoms with Crippen molar-refractivity contribution in [3.8, 4) is 0 Å². The zero-order valence-electron chi connectivity index (χ0n) is 13.3. The number of nitrogens with one attached hydrogen (secondary N) is 1. The van der Waals surface area contributed by atoms with Gasteiger partial charge in [0.25, 0.3) is 0 Å². The van der Waals surface area contributed by atoms with E-state index in [0.29, 0.717) is 0 Å². The molecule has 0 fully saturated rings. The Balaban J connectivity index is 2.05. The number of benzene rings is 1. The summed E-state index contributed by atoms with van der Waals surface area (Å²) >= 11 is 1.61. The monoisotopic (exact) mass is 314 g/mol. The van der Waals surface area contributed by atoms with Crippen LogP contribution < -0.4 is 10.2 Å². The second kappa shape index (κ2) is 7.80. The average Bonchev–Trinajstić information content (AvgIpc) is 3.02. The standard InChI is InChI=1S/C18H22N2OS/c1-4-20(5-2)15-8-10-17(14(3)13-15)19-18(21)11-9-16-7-6-12-22-16/h6-13H,4-5H2,1-3H3,(H,19,21)/b11-9+. The van der Waals surface area contributed by atoms with Crippen molar-refractivity contribution in [3.63, 3.8) is 0 Å². The Kier molecular flexibility index (Phi) is 5.78. The predicted octanol–water partition coefficient (Wildman–Crippen LogP) is 4.55. The van der Waals surface area contributed by atoms with Gasteiger partial charge >= 0.3 is 0 Å². The van der Waals surface area contributed by atoms with E-state index < -0.39 is 0 Å². The highest BCUT2D eigenvalue weighted by atomic mass is 32.1. The highest BCUT2D eigenvalue weighted by molar-refractivity contribution is 7.10. The van der Waals surface area contributed by atoms with Gasteiger partial charge in [-0.05, 0) is 62.1 Å². The maximum Gasteiger partial charge on any atom is 0.248 e.